The highest BCUT2D eigenvalue weighted by Gasteiger charge is 2.60. The number of hydrogen-bond donors (Lipinski definition) is 1. The summed E-state index contributed by atoms with van der Waals surface area (Å²) in [5, 5.41) is 4.65. The minimum absolute atomic E-state index is 0.0629. The SMILES string of the molecule is O=C(N/N=C\c1cccc(Cl)c1)[C@H]1CC12CCC2. The van der Waals surface area contributed by atoms with Crippen molar-refractivity contribution in [3.63, 3.8) is 0 Å². The molecule has 0 bridgehead atoms. The zero-order valence-corrected chi connectivity index (χ0v) is 10.8. The van der Waals surface area contributed by atoms with Gasteiger partial charge < -0.3 is 0 Å². The van der Waals surface area contributed by atoms with E-state index in [9.17, 15) is 4.79 Å². The molecule has 1 spiro atoms. The number of amides is 1. The molecule has 3 rings (SSSR count). The number of nitrogens with one attached hydrogen (secondary N) is 1. The Balaban J connectivity index is 1.53. The van der Waals surface area contributed by atoms with Crippen molar-refractivity contribution in [1.29, 1.82) is 0 Å². The van der Waals surface area contributed by atoms with Gasteiger partial charge in [-0.3, -0.25) is 4.79 Å². The number of halogens is 1. The van der Waals surface area contributed by atoms with Crippen LogP contribution in [-0.2, 0) is 4.79 Å². The van der Waals surface area contributed by atoms with Gasteiger partial charge in [-0.2, -0.15) is 5.10 Å². The first-order chi connectivity index (χ1) is 8.70. The zero-order valence-electron chi connectivity index (χ0n) is 10.0. The van der Waals surface area contributed by atoms with Crippen LogP contribution in [0.25, 0.3) is 0 Å². The number of hydrazone groups is 1. The predicted octanol–water partition coefficient (Wildman–Crippen LogP) is 2.98. The minimum atomic E-state index is 0.0629. The van der Waals surface area contributed by atoms with Crippen LogP contribution in [0.3, 0.4) is 0 Å². The van der Waals surface area contributed by atoms with Gasteiger partial charge in [0, 0.05) is 10.9 Å². The number of benzene rings is 1. The fraction of sp³-hybridized carbons (Fsp3) is 0.429. The second-order valence-electron chi connectivity index (χ2n) is 5.26. The molecule has 2 fully saturated rings. The Morgan fingerprint density at radius 2 is 2.33 bits per heavy atom. The van der Waals surface area contributed by atoms with Crippen LogP contribution in [0.15, 0.2) is 29.4 Å². The van der Waals surface area contributed by atoms with Gasteiger partial charge in [0.25, 0.3) is 0 Å². The van der Waals surface area contributed by atoms with Gasteiger partial charge in [-0.1, -0.05) is 30.2 Å². The van der Waals surface area contributed by atoms with Crippen molar-refractivity contribution in [1.82, 2.24) is 5.43 Å². The van der Waals surface area contributed by atoms with E-state index in [1.54, 1.807) is 6.21 Å². The largest absolute Gasteiger partial charge is 0.273 e. The van der Waals surface area contributed by atoms with Gasteiger partial charge in [0.15, 0.2) is 0 Å². The Hall–Kier alpha value is -1.35. The van der Waals surface area contributed by atoms with Crippen LogP contribution in [-0.4, -0.2) is 12.1 Å². The van der Waals surface area contributed by atoms with E-state index in [1.165, 1.54) is 19.3 Å². The zero-order chi connectivity index (χ0) is 12.6. The summed E-state index contributed by atoms with van der Waals surface area (Å²) in [6.45, 7) is 0. The molecule has 2 aliphatic rings. The molecule has 4 heteroatoms. The van der Waals surface area contributed by atoms with Crippen molar-refractivity contribution in [2.75, 3.05) is 0 Å². The van der Waals surface area contributed by atoms with Crippen molar-refractivity contribution in [3.05, 3.63) is 34.9 Å². The molecule has 94 valence electrons. The molecular weight excluding hydrogens is 248 g/mol. The molecule has 0 heterocycles. The minimum Gasteiger partial charge on any atom is -0.273 e. The maximum Gasteiger partial charge on any atom is 0.243 e. The lowest BCUT2D eigenvalue weighted by atomic mass is 9.80. The normalized spacial score (nSPS) is 23.9. The molecule has 2 aliphatic carbocycles. The Bertz CT molecular complexity index is 508. The van der Waals surface area contributed by atoms with Gasteiger partial charge in [0.2, 0.25) is 5.91 Å². The first-order valence-corrected chi connectivity index (χ1v) is 6.66. The smallest absolute Gasteiger partial charge is 0.243 e. The van der Waals surface area contributed by atoms with Crippen molar-refractivity contribution in [2.45, 2.75) is 25.7 Å². The summed E-state index contributed by atoms with van der Waals surface area (Å²) >= 11 is 5.86. The van der Waals surface area contributed by atoms with Gasteiger partial charge in [-0.15, -0.1) is 0 Å². The van der Waals surface area contributed by atoms with Crippen LogP contribution >= 0.6 is 11.6 Å². The number of rotatable bonds is 3. The molecule has 0 unspecified atom stereocenters. The lowest BCUT2D eigenvalue weighted by molar-refractivity contribution is -0.123. The molecule has 0 radical (unpaired) electrons. The highest BCUT2D eigenvalue weighted by atomic mass is 35.5. The van der Waals surface area contributed by atoms with Crippen LogP contribution < -0.4 is 5.43 Å². The summed E-state index contributed by atoms with van der Waals surface area (Å²) in [7, 11) is 0. The summed E-state index contributed by atoms with van der Waals surface area (Å²) in [4.78, 5) is 11.8. The lowest BCUT2D eigenvalue weighted by Crippen LogP contribution is -2.26. The van der Waals surface area contributed by atoms with E-state index >= 15 is 0 Å². The monoisotopic (exact) mass is 262 g/mol. The molecule has 1 aromatic rings. The van der Waals surface area contributed by atoms with E-state index in [0.717, 1.165) is 12.0 Å². The van der Waals surface area contributed by atoms with E-state index in [0.29, 0.717) is 10.4 Å². The molecule has 3 nitrogen and oxygen atoms in total. The molecule has 0 aliphatic heterocycles. The van der Waals surface area contributed by atoms with E-state index < -0.39 is 0 Å². The van der Waals surface area contributed by atoms with Crippen LogP contribution in [0.5, 0.6) is 0 Å². The second kappa shape index (κ2) is 4.39. The Kier molecular flexibility index (Phi) is 2.86. The summed E-state index contributed by atoms with van der Waals surface area (Å²) < 4.78 is 0. The molecule has 1 aromatic carbocycles. The van der Waals surface area contributed by atoms with Gasteiger partial charge in [-0.05, 0) is 42.4 Å². The second-order valence-corrected chi connectivity index (χ2v) is 5.70. The average molecular weight is 263 g/mol. The molecule has 0 aromatic heterocycles. The molecule has 1 N–H and O–H groups in total. The molecule has 18 heavy (non-hydrogen) atoms. The highest BCUT2D eigenvalue weighted by molar-refractivity contribution is 6.30. The quantitative estimate of drug-likeness (QED) is 0.660. The Morgan fingerprint density at radius 3 is 2.94 bits per heavy atom. The topological polar surface area (TPSA) is 41.5 Å². The van der Waals surface area contributed by atoms with Crippen LogP contribution in [0.4, 0.5) is 0 Å². The summed E-state index contributed by atoms with van der Waals surface area (Å²) in [5.74, 6) is 0.260. The van der Waals surface area contributed by atoms with E-state index in [4.69, 9.17) is 11.6 Å². The molecular formula is C14H15ClN2O. The van der Waals surface area contributed by atoms with E-state index in [1.807, 2.05) is 24.3 Å². The van der Waals surface area contributed by atoms with Crippen molar-refractivity contribution in [3.8, 4) is 0 Å². The Labute approximate surface area is 111 Å². The maximum absolute atomic E-state index is 11.8. The number of carbonyl (C=O) groups is 1. The predicted molar refractivity (Wildman–Crippen MR) is 71.6 cm³/mol. The molecule has 2 saturated carbocycles. The van der Waals surface area contributed by atoms with Crippen molar-refractivity contribution in [2.24, 2.45) is 16.4 Å². The van der Waals surface area contributed by atoms with E-state index in [-0.39, 0.29) is 11.8 Å². The third kappa shape index (κ3) is 2.15. The standard InChI is InChI=1S/C14H15ClN2O/c15-11-4-1-3-10(7-11)9-16-17-13(18)12-8-14(12)5-2-6-14/h1,3-4,7,9,12H,2,5-6,8H2,(H,17,18)/b16-9-/t12-/m1/s1. The van der Waals surface area contributed by atoms with Gasteiger partial charge in [-0.25, -0.2) is 5.43 Å². The molecule has 1 atom stereocenters. The highest BCUT2D eigenvalue weighted by Crippen LogP contribution is 2.65. The average Bonchev–Trinajstić information content (AvgIpc) is 3.04. The summed E-state index contributed by atoms with van der Waals surface area (Å²) in [6, 6.07) is 7.37. The van der Waals surface area contributed by atoms with Gasteiger partial charge in [0.1, 0.15) is 0 Å². The summed E-state index contributed by atoms with van der Waals surface area (Å²) in [6.07, 6.45) is 6.37. The van der Waals surface area contributed by atoms with Gasteiger partial charge >= 0.3 is 0 Å². The van der Waals surface area contributed by atoms with Crippen molar-refractivity contribution < 1.29 is 4.79 Å². The van der Waals surface area contributed by atoms with Crippen LogP contribution in [0.1, 0.15) is 31.2 Å². The number of hydrogen-bond acceptors (Lipinski definition) is 2. The fourth-order valence-corrected chi connectivity index (χ4v) is 2.94. The third-order valence-corrected chi connectivity index (χ3v) is 4.33. The fourth-order valence-electron chi connectivity index (χ4n) is 2.74. The van der Waals surface area contributed by atoms with Crippen LogP contribution in [0, 0.1) is 11.3 Å². The lowest BCUT2D eigenvalue weighted by Gasteiger charge is -2.25. The maximum atomic E-state index is 11.8. The first kappa shape index (κ1) is 11.7. The first-order valence-electron chi connectivity index (χ1n) is 6.28. The van der Waals surface area contributed by atoms with Gasteiger partial charge in [0.05, 0.1) is 6.21 Å². The molecule has 1 amide bonds. The third-order valence-electron chi connectivity index (χ3n) is 4.09. The van der Waals surface area contributed by atoms with Crippen molar-refractivity contribution >= 4 is 23.7 Å². The number of carbonyl (C=O) groups excluding carboxylic acids is 1. The molecule has 0 saturated heterocycles. The van der Waals surface area contributed by atoms with Crippen LogP contribution in [0.2, 0.25) is 5.02 Å². The number of nitrogens with zero attached hydrogens (tertiary/aromatic N) is 1. The Morgan fingerprint density at radius 1 is 1.50 bits per heavy atom. The van der Waals surface area contributed by atoms with E-state index in [2.05, 4.69) is 10.5 Å². The summed E-state index contributed by atoms with van der Waals surface area (Å²) in [5.41, 5.74) is 3.87.